The second-order valence-corrected chi connectivity index (χ2v) is 5.69. The van der Waals surface area contributed by atoms with E-state index in [0.717, 1.165) is 12.0 Å². The Morgan fingerprint density at radius 1 is 1.42 bits per heavy atom. The zero-order chi connectivity index (χ0) is 13.8. The van der Waals surface area contributed by atoms with Crippen LogP contribution in [0.2, 0.25) is 5.02 Å². The van der Waals surface area contributed by atoms with Crippen LogP contribution < -0.4 is 11.3 Å². The van der Waals surface area contributed by atoms with Crippen molar-refractivity contribution in [3.05, 3.63) is 56.5 Å². The predicted molar refractivity (Wildman–Crippen MR) is 78.9 cm³/mol. The van der Waals surface area contributed by atoms with Crippen molar-refractivity contribution in [3.8, 4) is 0 Å². The number of rotatable bonds is 5. The van der Waals surface area contributed by atoms with Gasteiger partial charge in [-0.3, -0.25) is 11.3 Å². The zero-order valence-electron chi connectivity index (χ0n) is 10.6. The summed E-state index contributed by atoms with van der Waals surface area (Å²) >= 11 is 7.48. The van der Waals surface area contributed by atoms with Gasteiger partial charge in [0, 0.05) is 4.88 Å². The third kappa shape index (κ3) is 3.34. The molecule has 0 bridgehead atoms. The van der Waals surface area contributed by atoms with E-state index in [1.807, 2.05) is 0 Å². The highest BCUT2D eigenvalue weighted by atomic mass is 35.5. The van der Waals surface area contributed by atoms with Crippen molar-refractivity contribution in [1.82, 2.24) is 5.43 Å². The Bertz CT molecular complexity index is 556. The van der Waals surface area contributed by atoms with E-state index in [4.69, 9.17) is 17.4 Å². The highest BCUT2D eigenvalue weighted by Crippen LogP contribution is 2.28. The van der Waals surface area contributed by atoms with Crippen molar-refractivity contribution in [2.24, 2.45) is 5.84 Å². The summed E-state index contributed by atoms with van der Waals surface area (Å²) in [6.45, 7) is 2.12. The maximum absolute atomic E-state index is 13.1. The minimum atomic E-state index is -0.395. The molecule has 0 spiro atoms. The summed E-state index contributed by atoms with van der Waals surface area (Å²) in [6.07, 6.45) is 1.66. The molecule has 0 aliphatic carbocycles. The summed E-state index contributed by atoms with van der Waals surface area (Å²) in [5.41, 5.74) is 5.09. The van der Waals surface area contributed by atoms with Crippen molar-refractivity contribution in [3.63, 3.8) is 0 Å². The van der Waals surface area contributed by atoms with Crippen molar-refractivity contribution >= 4 is 22.9 Å². The van der Waals surface area contributed by atoms with E-state index in [-0.39, 0.29) is 11.1 Å². The van der Waals surface area contributed by atoms with Gasteiger partial charge in [0.2, 0.25) is 0 Å². The molecule has 2 nitrogen and oxygen atoms in total. The molecule has 1 aromatic heterocycles. The fraction of sp³-hybridized carbons (Fsp3) is 0.286. The molecule has 0 saturated carbocycles. The fourth-order valence-electron chi connectivity index (χ4n) is 2.07. The molecule has 0 radical (unpaired) electrons. The van der Waals surface area contributed by atoms with Crippen molar-refractivity contribution in [2.45, 2.75) is 25.8 Å². The van der Waals surface area contributed by atoms with Gasteiger partial charge < -0.3 is 0 Å². The van der Waals surface area contributed by atoms with Crippen molar-refractivity contribution in [2.75, 3.05) is 0 Å². The first-order valence-electron chi connectivity index (χ1n) is 6.12. The number of hydrogen-bond donors (Lipinski definition) is 2. The number of benzene rings is 1. The molecule has 1 atom stereocenters. The van der Waals surface area contributed by atoms with E-state index >= 15 is 0 Å². The number of aryl methyl sites for hydroxylation is 1. The van der Waals surface area contributed by atoms with Gasteiger partial charge in [-0.1, -0.05) is 24.6 Å². The molecule has 19 heavy (non-hydrogen) atoms. The number of hydrazine groups is 1. The molecule has 1 aromatic carbocycles. The molecule has 0 amide bonds. The van der Waals surface area contributed by atoms with Crippen LogP contribution in [0.5, 0.6) is 0 Å². The molecular weight excluding hydrogens is 283 g/mol. The largest absolute Gasteiger partial charge is 0.271 e. The second kappa shape index (κ2) is 6.48. The molecule has 0 saturated heterocycles. The van der Waals surface area contributed by atoms with Gasteiger partial charge in [-0.05, 0) is 47.5 Å². The Balaban J connectivity index is 2.21. The summed E-state index contributed by atoms with van der Waals surface area (Å²) in [7, 11) is 0. The van der Waals surface area contributed by atoms with Gasteiger partial charge in [0.05, 0.1) is 11.1 Å². The highest BCUT2D eigenvalue weighted by Gasteiger charge is 2.16. The monoisotopic (exact) mass is 298 g/mol. The number of halogens is 2. The smallest absolute Gasteiger partial charge is 0.141 e. The van der Waals surface area contributed by atoms with Gasteiger partial charge in [-0.25, -0.2) is 4.39 Å². The second-order valence-electron chi connectivity index (χ2n) is 4.34. The van der Waals surface area contributed by atoms with Gasteiger partial charge in [-0.15, -0.1) is 11.3 Å². The standard InChI is InChI=1S/C14H16ClFN2S/c1-2-10-5-6-19-14(10)13(18-17)8-9-3-4-12(16)11(15)7-9/h3-7,13,18H,2,8,17H2,1H3. The number of thiophene rings is 1. The predicted octanol–water partition coefficient (Wildman–Crippen LogP) is 3.85. The van der Waals surface area contributed by atoms with Crippen LogP contribution in [0.15, 0.2) is 29.6 Å². The number of hydrogen-bond acceptors (Lipinski definition) is 3. The normalized spacial score (nSPS) is 12.6. The molecule has 102 valence electrons. The van der Waals surface area contributed by atoms with E-state index in [1.165, 1.54) is 16.5 Å². The lowest BCUT2D eigenvalue weighted by molar-refractivity contribution is 0.556. The molecule has 5 heteroatoms. The summed E-state index contributed by atoms with van der Waals surface area (Å²) in [4.78, 5) is 1.23. The number of nitrogens with two attached hydrogens (primary N) is 1. The molecule has 0 aliphatic heterocycles. The van der Waals surface area contributed by atoms with Crippen LogP contribution in [0, 0.1) is 5.82 Å². The molecular formula is C14H16ClFN2S. The minimum absolute atomic E-state index is 0.0245. The summed E-state index contributed by atoms with van der Waals surface area (Å²) in [5, 5.41) is 2.21. The molecule has 1 heterocycles. The minimum Gasteiger partial charge on any atom is -0.271 e. The SMILES string of the molecule is CCc1ccsc1C(Cc1ccc(F)c(Cl)c1)NN. The fourth-order valence-corrected chi connectivity index (χ4v) is 3.34. The van der Waals surface area contributed by atoms with E-state index in [9.17, 15) is 4.39 Å². The summed E-state index contributed by atoms with van der Waals surface area (Å²) in [5.74, 6) is 5.26. The van der Waals surface area contributed by atoms with Gasteiger partial charge in [0.15, 0.2) is 0 Å². The van der Waals surface area contributed by atoms with Crippen LogP contribution in [0.1, 0.15) is 29.0 Å². The van der Waals surface area contributed by atoms with E-state index < -0.39 is 5.82 Å². The van der Waals surface area contributed by atoms with Crippen molar-refractivity contribution < 1.29 is 4.39 Å². The first-order valence-corrected chi connectivity index (χ1v) is 7.37. The van der Waals surface area contributed by atoms with Crippen LogP contribution in [-0.2, 0) is 12.8 Å². The zero-order valence-corrected chi connectivity index (χ0v) is 12.2. The topological polar surface area (TPSA) is 38.0 Å². The van der Waals surface area contributed by atoms with Crippen molar-refractivity contribution in [1.29, 1.82) is 0 Å². The van der Waals surface area contributed by atoms with Crippen LogP contribution in [0.4, 0.5) is 4.39 Å². The average molecular weight is 299 g/mol. The van der Waals surface area contributed by atoms with Crippen LogP contribution in [-0.4, -0.2) is 0 Å². The first-order chi connectivity index (χ1) is 9.15. The lowest BCUT2D eigenvalue weighted by Crippen LogP contribution is -2.29. The molecule has 1 unspecified atom stereocenters. The Hall–Kier alpha value is -0.940. The van der Waals surface area contributed by atoms with E-state index in [1.54, 1.807) is 23.5 Å². The highest BCUT2D eigenvalue weighted by molar-refractivity contribution is 7.10. The average Bonchev–Trinajstić information content (AvgIpc) is 2.88. The third-order valence-electron chi connectivity index (χ3n) is 3.10. The Morgan fingerprint density at radius 2 is 2.21 bits per heavy atom. The summed E-state index contributed by atoms with van der Waals surface area (Å²) < 4.78 is 13.1. The maximum Gasteiger partial charge on any atom is 0.141 e. The van der Waals surface area contributed by atoms with Gasteiger partial charge in [0.1, 0.15) is 5.82 Å². The molecule has 0 aliphatic rings. The maximum atomic E-state index is 13.1. The lowest BCUT2D eigenvalue weighted by Gasteiger charge is -2.16. The number of nitrogens with one attached hydrogen (secondary N) is 1. The first kappa shape index (κ1) is 14.5. The quantitative estimate of drug-likeness (QED) is 0.650. The van der Waals surface area contributed by atoms with E-state index in [0.29, 0.717) is 6.42 Å². The van der Waals surface area contributed by atoms with Crippen LogP contribution in [0.25, 0.3) is 0 Å². The third-order valence-corrected chi connectivity index (χ3v) is 4.47. The van der Waals surface area contributed by atoms with E-state index in [2.05, 4.69) is 23.8 Å². The Kier molecular flexibility index (Phi) is 4.93. The molecule has 2 aromatic rings. The van der Waals surface area contributed by atoms with Crippen LogP contribution in [0.3, 0.4) is 0 Å². The lowest BCUT2D eigenvalue weighted by atomic mass is 10.0. The van der Waals surface area contributed by atoms with Gasteiger partial charge in [0.25, 0.3) is 0 Å². The molecule has 3 N–H and O–H groups in total. The molecule has 2 rings (SSSR count). The van der Waals surface area contributed by atoms with Gasteiger partial charge in [-0.2, -0.15) is 0 Å². The van der Waals surface area contributed by atoms with Gasteiger partial charge >= 0.3 is 0 Å². The Labute approximate surface area is 121 Å². The summed E-state index contributed by atoms with van der Waals surface area (Å²) in [6, 6.07) is 6.92. The Morgan fingerprint density at radius 3 is 2.84 bits per heavy atom. The van der Waals surface area contributed by atoms with Crippen LogP contribution >= 0.6 is 22.9 Å². The molecule has 0 fully saturated rings.